The third-order valence-electron chi connectivity index (χ3n) is 5.23. The summed E-state index contributed by atoms with van der Waals surface area (Å²) in [6, 6.07) is 17.3. The first-order valence-corrected chi connectivity index (χ1v) is 11.0. The first-order chi connectivity index (χ1) is 15.1. The van der Waals surface area contributed by atoms with Crippen LogP contribution in [0.2, 0.25) is 0 Å². The van der Waals surface area contributed by atoms with E-state index in [1.807, 2.05) is 61.5 Å². The lowest BCUT2D eigenvalue weighted by molar-refractivity contribution is 0.0953. The molecular formula is C25H32N4O2. The molecule has 0 aliphatic rings. The molecule has 0 atom stereocenters. The van der Waals surface area contributed by atoms with Crippen molar-refractivity contribution < 1.29 is 9.53 Å². The first kappa shape index (κ1) is 22.6. The lowest BCUT2D eigenvalue weighted by atomic mass is 10.1. The Bertz CT molecular complexity index is 984. The van der Waals surface area contributed by atoms with Gasteiger partial charge in [-0.1, -0.05) is 32.0 Å². The summed E-state index contributed by atoms with van der Waals surface area (Å²) < 4.78 is 5.50. The van der Waals surface area contributed by atoms with Gasteiger partial charge in [0.2, 0.25) is 0 Å². The molecule has 0 aliphatic heterocycles. The predicted octanol–water partition coefficient (Wildman–Crippen LogP) is 4.84. The average Bonchev–Trinajstić information content (AvgIpc) is 2.80. The summed E-state index contributed by atoms with van der Waals surface area (Å²) in [5, 5.41) is 7.22. The minimum atomic E-state index is -0.0760. The van der Waals surface area contributed by atoms with Crippen LogP contribution >= 0.6 is 0 Å². The Morgan fingerprint density at radius 2 is 1.77 bits per heavy atom. The van der Waals surface area contributed by atoms with Crippen molar-refractivity contribution in [3.05, 3.63) is 60.2 Å². The molecule has 31 heavy (non-hydrogen) atoms. The number of anilines is 2. The Hall–Kier alpha value is -3.12. The topological polar surface area (TPSA) is 66.5 Å². The number of aromatic nitrogens is 1. The van der Waals surface area contributed by atoms with Crippen molar-refractivity contribution in [2.24, 2.45) is 0 Å². The van der Waals surface area contributed by atoms with Crippen molar-refractivity contribution >= 4 is 28.3 Å². The van der Waals surface area contributed by atoms with Crippen molar-refractivity contribution in [3.63, 3.8) is 0 Å². The van der Waals surface area contributed by atoms with Crippen LogP contribution in [0.1, 0.15) is 37.6 Å². The molecule has 0 radical (unpaired) electrons. The maximum atomic E-state index is 13.0. The number of hydrogen-bond acceptors (Lipinski definition) is 5. The van der Waals surface area contributed by atoms with E-state index in [2.05, 4.69) is 34.4 Å². The highest BCUT2D eigenvalue weighted by Gasteiger charge is 2.13. The number of nitrogens with one attached hydrogen (secondary N) is 2. The number of pyridine rings is 1. The smallest absolute Gasteiger partial charge is 0.252 e. The van der Waals surface area contributed by atoms with E-state index in [-0.39, 0.29) is 5.91 Å². The maximum absolute atomic E-state index is 13.0. The van der Waals surface area contributed by atoms with Gasteiger partial charge in [-0.15, -0.1) is 0 Å². The lowest BCUT2D eigenvalue weighted by Gasteiger charge is -2.18. The quantitative estimate of drug-likeness (QED) is 0.435. The molecule has 0 saturated carbocycles. The summed E-state index contributed by atoms with van der Waals surface area (Å²) in [6.45, 7) is 10.6. The molecule has 6 heteroatoms. The number of amides is 1. The Labute approximate surface area is 184 Å². The minimum absolute atomic E-state index is 0.0760. The number of para-hydroxylation sites is 1. The number of ether oxygens (including phenoxy) is 1. The second-order valence-electron chi connectivity index (χ2n) is 7.29. The Kier molecular flexibility index (Phi) is 8.24. The van der Waals surface area contributed by atoms with Crippen LogP contribution in [0.25, 0.3) is 10.9 Å². The van der Waals surface area contributed by atoms with Crippen LogP contribution in [0.4, 0.5) is 11.5 Å². The minimum Gasteiger partial charge on any atom is -0.494 e. The van der Waals surface area contributed by atoms with Gasteiger partial charge < -0.3 is 20.3 Å². The van der Waals surface area contributed by atoms with Crippen molar-refractivity contribution in [2.75, 3.05) is 38.1 Å². The Morgan fingerprint density at radius 1 is 1.03 bits per heavy atom. The molecule has 3 aromatic rings. The van der Waals surface area contributed by atoms with Crippen LogP contribution in [0.3, 0.4) is 0 Å². The van der Waals surface area contributed by atoms with Crippen molar-refractivity contribution in [2.45, 2.75) is 27.2 Å². The Balaban J connectivity index is 1.75. The van der Waals surface area contributed by atoms with Gasteiger partial charge in [-0.25, -0.2) is 4.98 Å². The number of hydrogen-bond donors (Lipinski definition) is 2. The Morgan fingerprint density at radius 3 is 2.48 bits per heavy atom. The van der Waals surface area contributed by atoms with Crippen LogP contribution in [0, 0.1) is 0 Å². The predicted molar refractivity (Wildman–Crippen MR) is 127 cm³/mol. The van der Waals surface area contributed by atoms with Crippen LogP contribution in [-0.4, -0.2) is 48.6 Å². The van der Waals surface area contributed by atoms with E-state index < -0.39 is 0 Å². The third kappa shape index (κ3) is 6.18. The number of carbonyl (C=O) groups excluding carboxylic acids is 1. The SMILES string of the molecule is CCOc1ccc(Nc2cc(C(=O)NCCCN(CC)CC)c3ccccc3n2)cc1. The molecule has 6 nitrogen and oxygen atoms in total. The molecule has 2 aromatic carbocycles. The van der Waals surface area contributed by atoms with Crippen LogP contribution < -0.4 is 15.4 Å². The standard InChI is InChI=1S/C25H32N4O2/c1-4-29(5-2)17-9-16-26-25(30)22-18-24(28-23-11-8-7-10-21(22)23)27-19-12-14-20(15-13-19)31-6-3/h7-8,10-15,18H,4-6,9,16-17H2,1-3H3,(H,26,30)(H,27,28). The molecule has 1 amide bonds. The number of rotatable bonds is 11. The van der Waals surface area contributed by atoms with Crippen LogP contribution in [-0.2, 0) is 0 Å². The van der Waals surface area contributed by atoms with Gasteiger partial charge in [0.25, 0.3) is 5.91 Å². The van der Waals surface area contributed by atoms with Gasteiger partial charge >= 0.3 is 0 Å². The summed E-state index contributed by atoms with van der Waals surface area (Å²) in [4.78, 5) is 20.0. The van der Waals surface area contributed by atoms with E-state index in [1.165, 1.54) is 0 Å². The molecule has 1 aromatic heterocycles. The van der Waals surface area contributed by atoms with Crippen LogP contribution in [0.15, 0.2) is 54.6 Å². The largest absolute Gasteiger partial charge is 0.494 e. The molecule has 1 heterocycles. The number of benzene rings is 2. The summed E-state index contributed by atoms with van der Waals surface area (Å²) in [7, 11) is 0. The maximum Gasteiger partial charge on any atom is 0.252 e. The molecule has 0 spiro atoms. The second kappa shape index (κ2) is 11.3. The fourth-order valence-corrected chi connectivity index (χ4v) is 3.52. The van der Waals surface area contributed by atoms with Crippen LogP contribution in [0.5, 0.6) is 5.75 Å². The highest BCUT2D eigenvalue weighted by Crippen LogP contribution is 2.24. The van der Waals surface area contributed by atoms with E-state index in [4.69, 9.17) is 4.74 Å². The molecule has 0 fully saturated rings. The molecule has 0 bridgehead atoms. The molecule has 0 saturated heterocycles. The zero-order valence-electron chi connectivity index (χ0n) is 18.6. The highest BCUT2D eigenvalue weighted by atomic mass is 16.5. The lowest BCUT2D eigenvalue weighted by Crippen LogP contribution is -2.30. The number of fused-ring (bicyclic) bond motifs is 1. The molecule has 0 unspecified atom stereocenters. The summed E-state index contributed by atoms with van der Waals surface area (Å²) in [6.07, 6.45) is 0.924. The monoisotopic (exact) mass is 420 g/mol. The van der Waals surface area contributed by atoms with Crippen molar-refractivity contribution in [3.8, 4) is 5.75 Å². The zero-order valence-corrected chi connectivity index (χ0v) is 18.6. The van der Waals surface area contributed by atoms with E-state index in [1.54, 1.807) is 0 Å². The molecule has 0 aliphatic carbocycles. The first-order valence-electron chi connectivity index (χ1n) is 11.0. The summed E-state index contributed by atoms with van der Waals surface area (Å²) in [5.41, 5.74) is 2.30. The molecule has 2 N–H and O–H groups in total. The highest BCUT2D eigenvalue weighted by molar-refractivity contribution is 6.07. The van der Waals surface area contributed by atoms with Gasteiger partial charge in [0.15, 0.2) is 0 Å². The van der Waals surface area contributed by atoms with E-state index in [0.29, 0.717) is 24.5 Å². The second-order valence-corrected chi connectivity index (χ2v) is 7.29. The fraction of sp³-hybridized carbons (Fsp3) is 0.360. The van der Waals surface area contributed by atoms with Gasteiger partial charge in [-0.05, 0) is 69.4 Å². The molecule has 164 valence electrons. The van der Waals surface area contributed by atoms with Gasteiger partial charge in [0.1, 0.15) is 11.6 Å². The van der Waals surface area contributed by atoms with E-state index >= 15 is 0 Å². The van der Waals surface area contributed by atoms with E-state index in [9.17, 15) is 4.79 Å². The number of nitrogens with zero attached hydrogens (tertiary/aromatic N) is 2. The average molecular weight is 421 g/mol. The van der Waals surface area contributed by atoms with Crippen molar-refractivity contribution in [1.82, 2.24) is 15.2 Å². The van der Waals surface area contributed by atoms with Gasteiger partial charge in [0.05, 0.1) is 17.7 Å². The number of carbonyl (C=O) groups is 1. The fourth-order valence-electron chi connectivity index (χ4n) is 3.52. The van der Waals surface area contributed by atoms with Gasteiger partial charge in [0, 0.05) is 17.6 Å². The van der Waals surface area contributed by atoms with Gasteiger partial charge in [-0.2, -0.15) is 0 Å². The van der Waals surface area contributed by atoms with Gasteiger partial charge in [-0.3, -0.25) is 4.79 Å². The third-order valence-corrected chi connectivity index (χ3v) is 5.23. The normalized spacial score (nSPS) is 11.0. The summed E-state index contributed by atoms with van der Waals surface area (Å²) in [5.74, 6) is 1.38. The van der Waals surface area contributed by atoms with Crippen molar-refractivity contribution in [1.29, 1.82) is 0 Å². The van der Waals surface area contributed by atoms with E-state index in [0.717, 1.165) is 48.4 Å². The molecular weight excluding hydrogens is 388 g/mol. The summed E-state index contributed by atoms with van der Waals surface area (Å²) >= 11 is 0. The molecule has 3 rings (SSSR count). The zero-order chi connectivity index (χ0) is 22.1.